The van der Waals surface area contributed by atoms with Gasteiger partial charge in [0.2, 0.25) is 5.91 Å². The Morgan fingerprint density at radius 3 is 2.96 bits per heavy atom. The molecule has 0 spiro atoms. The molecule has 2 fully saturated rings. The summed E-state index contributed by atoms with van der Waals surface area (Å²) in [5, 5.41) is 2.01. The maximum atomic E-state index is 12.5. The number of ether oxygens (including phenoxy) is 1. The lowest BCUT2D eigenvalue weighted by Crippen LogP contribution is -2.52. The highest BCUT2D eigenvalue weighted by molar-refractivity contribution is 7.15. The Labute approximate surface area is 146 Å². The van der Waals surface area contributed by atoms with Crippen LogP contribution in [-0.4, -0.2) is 70.0 Å². The van der Waals surface area contributed by atoms with Crippen LogP contribution in [0.25, 0.3) is 4.96 Å². The second-order valence-electron chi connectivity index (χ2n) is 6.79. The highest BCUT2D eigenvalue weighted by Crippen LogP contribution is 2.20. The lowest BCUT2D eigenvalue weighted by molar-refractivity contribution is -0.132. The van der Waals surface area contributed by atoms with Gasteiger partial charge in [0.05, 0.1) is 24.8 Å². The van der Waals surface area contributed by atoms with E-state index < -0.39 is 0 Å². The fourth-order valence-electron chi connectivity index (χ4n) is 3.79. The smallest absolute Gasteiger partial charge is 0.228 e. The number of carbonyl (C=O) groups is 1. The molecule has 0 aromatic carbocycles. The van der Waals surface area contributed by atoms with Crippen molar-refractivity contribution in [2.24, 2.45) is 0 Å². The van der Waals surface area contributed by atoms with Gasteiger partial charge in [-0.15, -0.1) is 11.3 Å². The average molecular weight is 348 g/mol. The van der Waals surface area contributed by atoms with Gasteiger partial charge >= 0.3 is 0 Å². The topological polar surface area (TPSA) is 50.1 Å². The maximum Gasteiger partial charge on any atom is 0.228 e. The first-order valence-corrected chi connectivity index (χ1v) is 9.61. The summed E-state index contributed by atoms with van der Waals surface area (Å²) >= 11 is 1.60. The van der Waals surface area contributed by atoms with Crippen molar-refractivity contribution in [3.63, 3.8) is 0 Å². The summed E-state index contributed by atoms with van der Waals surface area (Å²) < 4.78 is 7.61. The van der Waals surface area contributed by atoms with Crippen molar-refractivity contribution in [1.29, 1.82) is 0 Å². The number of aromatic nitrogens is 2. The van der Waals surface area contributed by atoms with E-state index >= 15 is 0 Å². The lowest BCUT2D eigenvalue weighted by atomic mass is 10.0. The maximum absolute atomic E-state index is 12.5. The van der Waals surface area contributed by atoms with E-state index in [1.807, 2.05) is 27.1 Å². The van der Waals surface area contributed by atoms with E-state index in [0.717, 1.165) is 56.3 Å². The Morgan fingerprint density at radius 1 is 1.38 bits per heavy atom. The van der Waals surface area contributed by atoms with E-state index in [1.165, 1.54) is 0 Å². The number of morpholine rings is 1. The second-order valence-corrected chi connectivity index (χ2v) is 7.66. The molecule has 1 amide bonds. The fraction of sp³-hybridized carbons (Fsp3) is 0.647. The van der Waals surface area contributed by atoms with Gasteiger partial charge in [-0.1, -0.05) is 0 Å². The molecule has 6 nitrogen and oxygen atoms in total. The van der Waals surface area contributed by atoms with E-state index in [4.69, 9.17) is 4.74 Å². The number of hydrogen-bond acceptors (Lipinski definition) is 5. The van der Waals surface area contributed by atoms with Gasteiger partial charge in [-0.05, 0) is 19.8 Å². The van der Waals surface area contributed by atoms with Crippen LogP contribution in [0, 0.1) is 0 Å². The molecule has 2 aliphatic rings. The van der Waals surface area contributed by atoms with Crippen molar-refractivity contribution in [3.8, 4) is 0 Å². The predicted molar refractivity (Wildman–Crippen MR) is 93.4 cm³/mol. The normalized spacial score (nSPS) is 23.9. The molecular weight excluding hydrogens is 324 g/mol. The molecule has 4 heterocycles. The number of nitrogens with zero attached hydrogens (tertiary/aromatic N) is 4. The Bertz CT molecular complexity index is 676. The third kappa shape index (κ3) is 3.34. The van der Waals surface area contributed by atoms with Gasteiger partial charge in [-0.2, -0.15) is 0 Å². The zero-order valence-corrected chi connectivity index (χ0v) is 14.9. The molecule has 0 N–H and O–H groups in total. The summed E-state index contributed by atoms with van der Waals surface area (Å²) in [4.78, 5) is 22.6. The van der Waals surface area contributed by atoms with E-state index in [2.05, 4.69) is 16.8 Å². The number of fused-ring (bicyclic) bond motifs is 1. The molecule has 2 saturated heterocycles. The first-order chi connectivity index (χ1) is 11.7. The first-order valence-electron chi connectivity index (χ1n) is 8.73. The molecule has 24 heavy (non-hydrogen) atoms. The lowest BCUT2D eigenvalue weighted by Gasteiger charge is -2.41. The minimum Gasteiger partial charge on any atom is -0.376 e. The molecule has 0 saturated carbocycles. The molecule has 0 bridgehead atoms. The van der Waals surface area contributed by atoms with Gasteiger partial charge in [0.1, 0.15) is 0 Å². The number of amides is 1. The summed E-state index contributed by atoms with van der Waals surface area (Å²) in [6, 6.07) is 0.596. The van der Waals surface area contributed by atoms with Crippen molar-refractivity contribution in [3.05, 3.63) is 23.5 Å². The summed E-state index contributed by atoms with van der Waals surface area (Å²) in [5.41, 5.74) is 0.871. The first kappa shape index (κ1) is 16.1. The number of hydrogen-bond donors (Lipinski definition) is 0. The van der Waals surface area contributed by atoms with E-state index in [1.54, 1.807) is 11.3 Å². The minimum atomic E-state index is 0.203. The van der Waals surface area contributed by atoms with Crippen LogP contribution < -0.4 is 0 Å². The summed E-state index contributed by atoms with van der Waals surface area (Å²) in [5.74, 6) is 0.203. The van der Waals surface area contributed by atoms with Crippen LogP contribution in [0.1, 0.15) is 25.5 Å². The van der Waals surface area contributed by atoms with Crippen LogP contribution in [0.4, 0.5) is 0 Å². The largest absolute Gasteiger partial charge is 0.376 e. The molecule has 2 aromatic heterocycles. The molecule has 2 aliphatic heterocycles. The van der Waals surface area contributed by atoms with Crippen LogP contribution in [-0.2, 0) is 16.0 Å². The van der Waals surface area contributed by atoms with Crippen LogP contribution in [0.5, 0.6) is 0 Å². The van der Waals surface area contributed by atoms with Gasteiger partial charge < -0.3 is 9.64 Å². The van der Waals surface area contributed by atoms with Gasteiger partial charge in [0.25, 0.3) is 0 Å². The van der Waals surface area contributed by atoms with Gasteiger partial charge in [-0.3, -0.25) is 14.1 Å². The van der Waals surface area contributed by atoms with Crippen molar-refractivity contribution in [1.82, 2.24) is 19.2 Å². The molecular formula is C17H24N4O2S. The molecule has 130 valence electrons. The Kier molecular flexibility index (Phi) is 4.56. The van der Waals surface area contributed by atoms with Crippen molar-refractivity contribution in [2.45, 2.75) is 38.3 Å². The van der Waals surface area contributed by atoms with Crippen LogP contribution >= 0.6 is 11.3 Å². The van der Waals surface area contributed by atoms with E-state index in [0.29, 0.717) is 18.6 Å². The number of likely N-dealkylation sites (tertiary alicyclic amines) is 1. The zero-order valence-electron chi connectivity index (χ0n) is 14.1. The molecule has 1 atom stereocenters. The zero-order chi connectivity index (χ0) is 16.5. The number of carbonyl (C=O) groups excluding carboxylic acids is 1. The Hall–Kier alpha value is -1.44. The SMILES string of the molecule is CC1CN(C2CCN(C(=O)Cc3cn4ccsc4n3)CC2)CCO1. The van der Waals surface area contributed by atoms with Crippen LogP contribution in [0.3, 0.4) is 0 Å². The summed E-state index contributed by atoms with van der Waals surface area (Å²) in [6.45, 7) is 6.73. The second kappa shape index (κ2) is 6.82. The highest BCUT2D eigenvalue weighted by atomic mass is 32.1. The van der Waals surface area contributed by atoms with Gasteiger partial charge in [-0.25, -0.2) is 4.98 Å². The van der Waals surface area contributed by atoms with Crippen molar-refractivity contribution >= 4 is 22.2 Å². The molecule has 4 rings (SSSR count). The minimum absolute atomic E-state index is 0.203. The predicted octanol–water partition coefficient (Wildman–Crippen LogP) is 1.65. The quantitative estimate of drug-likeness (QED) is 0.846. The van der Waals surface area contributed by atoms with Crippen LogP contribution in [0.15, 0.2) is 17.8 Å². The Morgan fingerprint density at radius 2 is 2.21 bits per heavy atom. The number of rotatable bonds is 3. The van der Waals surface area contributed by atoms with Gasteiger partial charge in [0.15, 0.2) is 4.96 Å². The third-order valence-electron chi connectivity index (χ3n) is 5.08. The van der Waals surface area contributed by atoms with Crippen molar-refractivity contribution < 1.29 is 9.53 Å². The summed E-state index contributed by atoms with van der Waals surface area (Å²) in [7, 11) is 0. The highest BCUT2D eigenvalue weighted by Gasteiger charge is 2.29. The number of piperidine rings is 1. The Balaban J connectivity index is 1.30. The summed E-state index contributed by atoms with van der Waals surface area (Å²) in [6.07, 6.45) is 6.82. The van der Waals surface area contributed by atoms with Crippen molar-refractivity contribution in [2.75, 3.05) is 32.8 Å². The van der Waals surface area contributed by atoms with E-state index in [-0.39, 0.29) is 5.91 Å². The molecule has 1 unspecified atom stereocenters. The molecule has 7 heteroatoms. The fourth-order valence-corrected chi connectivity index (χ4v) is 4.50. The van der Waals surface area contributed by atoms with E-state index in [9.17, 15) is 4.79 Å². The van der Waals surface area contributed by atoms with Crippen LogP contribution in [0.2, 0.25) is 0 Å². The standard InChI is InChI=1S/C17H24N4O2S/c1-13-11-20(6-8-23-13)15-2-4-19(5-3-15)16(22)10-14-12-21-7-9-24-17(21)18-14/h7,9,12-13,15H,2-6,8,10-11H2,1H3. The number of imidazole rings is 1. The number of thiazole rings is 1. The van der Waals surface area contributed by atoms with Gasteiger partial charge in [0, 0.05) is 50.0 Å². The average Bonchev–Trinajstić information content (AvgIpc) is 3.16. The molecule has 0 radical (unpaired) electrons. The monoisotopic (exact) mass is 348 g/mol. The molecule has 2 aromatic rings. The molecule has 0 aliphatic carbocycles. The third-order valence-corrected chi connectivity index (χ3v) is 5.85.